The maximum absolute atomic E-state index is 11.9. The van der Waals surface area contributed by atoms with Crippen molar-refractivity contribution in [2.45, 2.75) is 77.4 Å². The summed E-state index contributed by atoms with van der Waals surface area (Å²) in [6.45, 7) is 6.51. The van der Waals surface area contributed by atoms with E-state index >= 15 is 0 Å². The summed E-state index contributed by atoms with van der Waals surface area (Å²) < 4.78 is 0. The van der Waals surface area contributed by atoms with Crippen molar-refractivity contribution < 1.29 is 15.0 Å². The molecule has 3 nitrogen and oxygen atoms in total. The predicted octanol–water partition coefficient (Wildman–Crippen LogP) is 3.24. The number of carbonyl (C=O) groups excluding carboxylic acids is 1. The number of carbonyl (C=O) groups is 1. The second-order valence-electron chi connectivity index (χ2n) is 9.32. The monoisotopic (exact) mass is 318 g/mol. The van der Waals surface area contributed by atoms with Gasteiger partial charge in [-0.1, -0.05) is 19.4 Å². The van der Waals surface area contributed by atoms with Crippen molar-refractivity contribution in [2.24, 2.45) is 28.6 Å². The van der Waals surface area contributed by atoms with E-state index in [1.165, 1.54) is 5.57 Å². The summed E-state index contributed by atoms with van der Waals surface area (Å²) >= 11 is 0. The van der Waals surface area contributed by atoms with Gasteiger partial charge in [0.15, 0.2) is 5.78 Å². The summed E-state index contributed by atoms with van der Waals surface area (Å²) in [5.41, 5.74) is 0.421. The Morgan fingerprint density at radius 1 is 1.09 bits per heavy atom. The van der Waals surface area contributed by atoms with Gasteiger partial charge >= 0.3 is 0 Å². The molecule has 3 heteroatoms. The molecule has 23 heavy (non-hydrogen) atoms. The van der Waals surface area contributed by atoms with Crippen LogP contribution >= 0.6 is 0 Å². The molecule has 0 spiro atoms. The zero-order valence-electron chi connectivity index (χ0n) is 14.6. The lowest BCUT2D eigenvalue weighted by molar-refractivity contribution is -0.140. The summed E-state index contributed by atoms with van der Waals surface area (Å²) in [5.74, 6) is 1.68. The Labute approximate surface area is 139 Å². The van der Waals surface area contributed by atoms with Gasteiger partial charge in [0.25, 0.3) is 0 Å². The summed E-state index contributed by atoms with van der Waals surface area (Å²) in [6, 6.07) is 0. The molecule has 0 amide bonds. The van der Waals surface area contributed by atoms with Crippen LogP contribution in [-0.2, 0) is 4.79 Å². The van der Waals surface area contributed by atoms with Gasteiger partial charge in [0.1, 0.15) is 0 Å². The molecule has 0 bridgehead atoms. The minimum atomic E-state index is -0.555. The molecule has 7 atom stereocenters. The van der Waals surface area contributed by atoms with Crippen molar-refractivity contribution >= 4 is 5.78 Å². The topological polar surface area (TPSA) is 57.5 Å². The zero-order chi connectivity index (χ0) is 16.6. The van der Waals surface area contributed by atoms with E-state index in [-0.39, 0.29) is 23.0 Å². The van der Waals surface area contributed by atoms with Crippen LogP contribution in [0.4, 0.5) is 0 Å². The molecule has 4 aliphatic rings. The molecule has 0 aromatic rings. The molecular formula is C20H30O3. The lowest BCUT2D eigenvalue weighted by atomic mass is 9.46. The van der Waals surface area contributed by atoms with Crippen LogP contribution in [-0.4, -0.2) is 27.7 Å². The molecule has 0 saturated heterocycles. The van der Waals surface area contributed by atoms with Gasteiger partial charge in [-0.15, -0.1) is 0 Å². The molecule has 0 radical (unpaired) electrons. The minimum Gasteiger partial charge on any atom is -0.392 e. The lowest BCUT2D eigenvalue weighted by Gasteiger charge is -2.59. The van der Waals surface area contributed by atoms with Crippen molar-refractivity contribution in [1.29, 1.82) is 0 Å². The van der Waals surface area contributed by atoms with Gasteiger partial charge in [-0.05, 0) is 74.7 Å². The summed E-state index contributed by atoms with van der Waals surface area (Å²) in [6.07, 6.45) is 7.74. The Morgan fingerprint density at radius 2 is 1.78 bits per heavy atom. The fraction of sp³-hybridized carbons (Fsp3) is 0.850. The molecule has 2 unspecified atom stereocenters. The second-order valence-corrected chi connectivity index (χ2v) is 9.32. The quantitative estimate of drug-likeness (QED) is 0.721. The maximum atomic E-state index is 11.9. The fourth-order valence-corrected chi connectivity index (χ4v) is 6.85. The summed E-state index contributed by atoms with van der Waals surface area (Å²) in [7, 11) is 0. The van der Waals surface area contributed by atoms with Gasteiger partial charge in [0.05, 0.1) is 11.7 Å². The number of hydrogen-bond donors (Lipinski definition) is 2. The average molecular weight is 318 g/mol. The van der Waals surface area contributed by atoms with Gasteiger partial charge in [-0.2, -0.15) is 0 Å². The number of aliphatic hydroxyl groups is 2. The van der Waals surface area contributed by atoms with Crippen molar-refractivity contribution in [3.63, 3.8) is 0 Å². The van der Waals surface area contributed by atoms with Gasteiger partial charge in [0.2, 0.25) is 0 Å². The van der Waals surface area contributed by atoms with E-state index < -0.39 is 11.7 Å². The van der Waals surface area contributed by atoms with E-state index in [0.29, 0.717) is 17.8 Å². The van der Waals surface area contributed by atoms with E-state index in [4.69, 9.17) is 0 Å². The van der Waals surface area contributed by atoms with Gasteiger partial charge in [-0.25, -0.2) is 0 Å². The Hall–Kier alpha value is -0.670. The molecule has 4 rings (SSSR count). The van der Waals surface area contributed by atoms with Crippen LogP contribution in [0.1, 0.15) is 65.7 Å². The molecule has 3 fully saturated rings. The SMILES string of the molecule is CC1(O)CC[C@H]2[C@@H]3CCC4=CC(=O)CC(O)[C@]4(C)[C@H]3CC[C@@]21C. The molecule has 3 saturated carbocycles. The third kappa shape index (κ3) is 1.87. The molecule has 128 valence electrons. The molecule has 0 heterocycles. The number of aliphatic hydroxyl groups excluding tert-OH is 1. The summed E-state index contributed by atoms with van der Waals surface area (Å²) in [4.78, 5) is 11.9. The molecule has 2 N–H and O–H groups in total. The van der Waals surface area contributed by atoms with E-state index in [9.17, 15) is 15.0 Å². The Balaban J connectivity index is 1.73. The normalized spacial score (nSPS) is 55.7. The lowest BCUT2D eigenvalue weighted by Crippen LogP contribution is -2.57. The number of ketones is 1. The van der Waals surface area contributed by atoms with Gasteiger partial charge < -0.3 is 10.2 Å². The standard InChI is InChI=1S/C20H30O3/c1-18-8-6-16-14(15(18)7-9-19(18,2)23)5-4-12-10-13(21)11-17(22)20(12,16)3/h10,14-17,22-23H,4-9,11H2,1-3H3/t14-,15-,16-,17?,18-,19?,20-/m0/s1. The summed E-state index contributed by atoms with van der Waals surface area (Å²) in [5, 5.41) is 21.7. The van der Waals surface area contributed by atoms with Gasteiger partial charge in [0, 0.05) is 11.8 Å². The van der Waals surface area contributed by atoms with Crippen LogP contribution in [0.3, 0.4) is 0 Å². The van der Waals surface area contributed by atoms with Crippen LogP contribution in [0.2, 0.25) is 0 Å². The Kier molecular flexibility index (Phi) is 3.23. The highest BCUT2D eigenvalue weighted by Crippen LogP contribution is 2.67. The van der Waals surface area contributed by atoms with E-state index in [1.807, 2.05) is 13.0 Å². The number of hydrogen-bond acceptors (Lipinski definition) is 3. The van der Waals surface area contributed by atoms with Crippen LogP contribution < -0.4 is 0 Å². The average Bonchev–Trinajstić information content (AvgIpc) is 2.71. The first-order valence-corrected chi connectivity index (χ1v) is 9.34. The fourth-order valence-electron chi connectivity index (χ4n) is 6.85. The maximum Gasteiger partial charge on any atom is 0.158 e. The molecule has 0 aliphatic heterocycles. The second kappa shape index (κ2) is 4.70. The van der Waals surface area contributed by atoms with Crippen molar-refractivity contribution in [1.82, 2.24) is 0 Å². The predicted molar refractivity (Wildman–Crippen MR) is 88.7 cm³/mol. The smallest absolute Gasteiger partial charge is 0.158 e. The Morgan fingerprint density at radius 3 is 2.52 bits per heavy atom. The van der Waals surface area contributed by atoms with E-state index in [2.05, 4.69) is 13.8 Å². The third-order valence-electron chi connectivity index (χ3n) is 8.63. The van der Waals surface area contributed by atoms with Gasteiger partial charge in [-0.3, -0.25) is 4.79 Å². The highest BCUT2D eigenvalue weighted by Gasteiger charge is 2.63. The van der Waals surface area contributed by atoms with Crippen molar-refractivity contribution in [3.05, 3.63) is 11.6 Å². The van der Waals surface area contributed by atoms with Crippen molar-refractivity contribution in [2.75, 3.05) is 0 Å². The van der Waals surface area contributed by atoms with Crippen LogP contribution in [0.15, 0.2) is 11.6 Å². The van der Waals surface area contributed by atoms with Crippen molar-refractivity contribution in [3.8, 4) is 0 Å². The van der Waals surface area contributed by atoms with Crippen LogP contribution in [0.25, 0.3) is 0 Å². The first kappa shape index (κ1) is 15.8. The van der Waals surface area contributed by atoms with E-state index in [0.717, 1.165) is 38.5 Å². The first-order valence-electron chi connectivity index (χ1n) is 9.34. The largest absolute Gasteiger partial charge is 0.392 e. The third-order valence-corrected chi connectivity index (χ3v) is 8.63. The van der Waals surface area contributed by atoms with Crippen LogP contribution in [0, 0.1) is 28.6 Å². The molecule has 4 aliphatic carbocycles. The zero-order valence-corrected chi connectivity index (χ0v) is 14.6. The molecule has 0 aromatic carbocycles. The first-order chi connectivity index (χ1) is 10.7. The van der Waals surface area contributed by atoms with E-state index in [1.54, 1.807) is 0 Å². The number of fused-ring (bicyclic) bond motifs is 5. The highest BCUT2D eigenvalue weighted by molar-refractivity contribution is 5.92. The Bertz CT molecular complexity index is 577. The molecule has 0 aromatic heterocycles. The molecular weight excluding hydrogens is 288 g/mol. The highest BCUT2D eigenvalue weighted by atomic mass is 16.3. The number of rotatable bonds is 0. The van der Waals surface area contributed by atoms with Crippen LogP contribution in [0.5, 0.6) is 0 Å². The minimum absolute atomic E-state index is 0.0151.